The second-order valence-electron chi connectivity index (χ2n) is 4.40. The van der Waals surface area contributed by atoms with E-state index in [1.165, 1.54) is 0 Å². The van der Waals surface area contributed by atoms with Gasteiger partial charge in [-0.15, -0.1) is 0 Å². The number of amides is 1. The van der Waals surface area contributed by atoms with Gasteiger partial charge >= 0.3 is 5.69 Å². The Morgan fingerprint density at radius 2 is 2.26 bits per heavy atom. The maximum atomic E-state index is 11.7. The second-order valence-corrected chi connectivity index (χ2v) is 4.40. The molecule has 0 saturated carbocycles. The molecule has 0 radical (unpaired) electrons. The van der Waals surface area contributed by atoms with Crippen molar-refractivity contribution in [2.75, 3.05) is 0 Å². The third-order valence-electron chi connectivity index (χ3n) is 3.09. The summed E-state index contributed by atoms with van der Waals surface area (Å²) >= 11 is 0. The van der Waals surface area contributed by atoms with Crippen LogP contribution in [0.4, 0.5) is 0 Å². The number of hydrogen-bond donors (Lipinski definition) is 2. The van der Waals surface area contributed by atoms with Gasteiger partial charge in [0.25, 0.3) is 0 Å². The Labute approximate surface area is 110 Å². The van der Waals surface area contributed by atoms with E-state index in [4.69, 9.17) is 4.42 Å². The van der Waals surface area contributed by atoms with E-state index in [2.05, 4.69) is 10.3 Å². The molecule has 102 valence electrons. The molecule has 0 unspecified atom stereocenters. The van der Waals surface area contributed by atoms with Crippen molar-refractivity contribution in [2.45, 2.75) is 33.4 Å². The number of imidazole rings is 1. The molecule has 0 aliphatic carbocycles. The van der Waals surface area contributed by atoms with Crippen molar-refractivity contribution in [3.63, 3.8) is 0 Å². The first-order valence-corrected chi connectivity index (χ1v) is 6.13. The average Bonchev–Trinajstić information content (AvgIpc) is 2.96. The Balaban J connectivity index is 1.85. The molecule has 0 aromatic carbocycles. The van der Waals surface area contributed by atoms with E-state index in [0.29, 0.717) is 18.8 Å². The summed E-state index contributed by atoms with van der Waals surface area (Å²) in [7, 11) is 0. The van der Waals surface area contributed by atoms with Crippen molar-refractivity contribution < 1.29 is 9.21 Å². The van der Waals surface area contributed by atoms with Crippen LogP contribution < -0.4 is 11.0 Å². The monoisotopic (exact) mass is 263 g/mol. The van der Waals surface area contributed by atoms with Crippen LogP contribution >= 0.6 is 0 Å². The minimum atomic E-state index is -0.172. The molecule has 2 N–H and O–H groups in total. The lowest BCUT2D eigenvalue weighted by Gasteiger charge is -2.05. The summed E-state index contributed by atoms with van der Waals surface area (Å²) < 4.78 is 6.68. The van der Waals surface area contributed by atoms with Gasteiger partial charge in [-0.3, -0.25) is 9.36 Å². The predicted molar refractivity (Wildman–Crippen MR) is 69.7 cm³/mol. The van der Waals surface area contributed by atoms with Gasteiger partial charge in [0.15, 0.2) is 0 Å². The van der Waals surface area contributed by atoms with Crippen molar-refractivity contribution in [3.8, 4) is 0 Å². The van der Waals surface area contributed by atoms with Crippen molar-refractivity contribution in [1.29, 1.82) is 0 Å². The van der Waals surface area contributed by atoms with Gasteiger partial charge in [0.2, 0.25) is 5.91 Å². The van der Waals surface area contributed by atoms with E-state index < -0.39 is 0 Å². The highest BCUT2D eigenvalue weighted by molar-refractivity contribution is 5.75. The minimum Gasteiger partial charge on any atom is -0.467 e. The van der Waals surface area contributed by atoms with Crippen LogP contribution in [-0.4, -0.2) is 15.5 Å². The SMILES string of the molecule is Cc1[nH]c(=O)n(CCC(=O)NCc2ccco2)c1C. The third-order valence-corrected chi connectivity index (χ3v) is 3.09. The first-order valence-electron chi connectivity index (χ1n) is 6.13. The molecular weight excluding hydrogens is 246 g/mol. The fraction of sp³-hybridized carbons (Fsp3) is 0.385. The lowest BCUT2D eigenvalue weighted by Crippen LogP contribution is -2.26. The van der Waals surface area contributed by atoms with Crippen LogP contribution in [-0.2, 0) is 17.9 Å². The standard InChI is InChI=1S/C13H17N3O3/c1-9-10(2)16(13(18)15-9)6-5-12(17)14-8-11-4-3-7-19-11/h3-4,7H,5-6,8H2,1-2H3,(H,14,17)(H,15,18). The predicted octanol–water partition coefficient (Wildman–Crippen LogP) is 1.09. The zero-order valence-corrected chi connectivity index (χ0v) is 11.0. The van der Waals surface area contributed by atoms with Crippen molar-refractivity contribution in [3.05, 3.63) is 46.0 Å². The molecule has 0 bridgehead atoms. The first kappa shape index (κ1) is 13.2. The zero-order chi connectivity index (χ0) is 13.8. The highest BCUT2D eigenvalue weighted by Crippen LogP contribution is 2.02. The van der Waals surface area contributed by atoms with E-state index >= 15 is 0 Å². The topological polar surface area (TPSA) is 80.0 Å². The molecule has 0 aliphatic rings. The number of H-pyrrole nitrogens is 1. The van der Waals surface area contributed by atoms with Gasteiger partial charge in [0, 0.05) is 24.4 Å². The Bertz CT molecular complexity index is 608. The van der Waals surface area contributed by atoms with Gasteiger partial charge in [-0.05, 0) is 26.0 Å². The van der Waals surface area contributed by atoms with Gasteiger partial charge in [-0.1, -0.05) is 0 Å². The van der Waals surface area contributed by atoms with Crippen LogP contribution in [0.5, 0.6) is 0 Å². The quantitative estimate of drug-likeness (QED) is 0.847. The molecule has 0 saturated heterocycles. The number of aromatic nitrogens is 2. The van der Waals surface area contributed by atoms with Crippen LogP contribution in [0.15, 0.2) is 27.6 Å². The normalized spacial score (nSPS) is 10.6. The summed E-state index contributed by atoms with van der Waals surface area (Å²) in [5, 5.41) is 2.74. The molecule has 6 nitrogen and oxygen atoms in total. The van der Waals surface area contributed by atoms with E-state index in [-0.39, 0.29) is 18.0 Å². The second kappa shape index (κ2) is 5.60. The Kier molecular flexibility index (Phi) is 3.89. The summed E-state index contributed by atoms with van der Waals surface area (Å²) in [6.45, 7) is 4.43. The Hall–Kier alpha value is -2.24. The Morgan fingerprint density at radius 1 is 1.47 bits per heavy atom. The number of carbonyl (C=O) groups excluding carboxylic acids is 1. The molecule has 19 heavy (non-hydrogen) atoms. The number of aryl methyl sites for hydroxylation is 1. The number of furan rings is 1. The van der Waals surface area contributed by atoms with Gasteiger partial charge in [-0.2, -0.15) is 0 Å². The van der Waals surface area contributed by atoms with E-state index in [9.17, 15) is 9.59 Å². The minimum absolute atomic E-state index is 0.110. The van der Waals surface area contributed by atoms with Crippen LogP contribution in [0, 0.1) is 13.8 Å². The molecule has 2 rings (SSSR count). The van der Waals surface area contributed by atoms with E-state index in [1.807, 2.05) is 13.8 Å². The number of nitrogens with zero attached hydrogens (tertiary/aromatic N) is 1. The molecule has 0 aliphatic heterocycles. The molecular formula is C13H17N3O3. The summed E-state index contributed by atoms with van der Waals surface area (Å²) in [4.78, 5) is 26.0. The van der Waals surface area contributed by atoms with Gasteiger partial charge < -0.3 is 14.7 Å². The summed E-state index contributed by atoms with van der Waals surface area (Å²) in [6.07, 6.45) is 1.83. The fourth-order valence-corrected chi connectivity index (χ4v) is 1.84. The van der Waals surface area contributed by atoms with E-state index in [1.54, 1.807) is 23.0 Å². The third kappa shape index (κ3) is 3.15. The van der Waals surface area contributed by atoms with Crippen LogP contribution in [0.25, 0.3) is 0 Å². The lowest BCUT2D eigenvalue weighted by molar-refractivity contribution is -0.121. The Morgan fingerprint density at radius 3 is 2.84 bits per heavy atom. The number of hydrogen-bond acceptors (Lipinski definition) is 3. The maximum Gasteiger partial charge on any atom is 0.325 e. The smallest absolute Gasteiger partial charge is 0.325 e. The molecule has 0 fully saturated rings. The van der Waals surface area contributed by atoms with Crippen LogP contribution in [0.2, 0.25) is 0 Å². The maximum absolute atomic E-state index is 11.7. The highest BCUT2D eigenvalue weighted by Gasteiger charge is 2.09. The number of carbonyl (C=O) groups is 1. The molecule has 2 aromatic heterocycles. The summed E-state index contributed by atoms with van der Waals surface area (Å²) in [5.41, 5.74) is 1.53. The van der Waals surface area contributed by atoms with Crippen molar-refractivity contribution >= 4 is 5.91 Å². The molecule has 6 heteroatoms. The molecule has 1 amide bonds. The molecule has 0 spiro atoms. The molecule has 2 aromatic rings. The molecule has 2 heterocycles. The number of rotatable bonds is 5. The number of nitrogens with one attached hydrogen (secondary N) is 2. The molecule has 0 atom stereocenters. The van der Waals surface area contributed by atoms with Gasteiger partial charge in [0.05, 0.1) is 12.8 Å². The van der Waals surface area contributed by atoms with Gasteiger partial charge in [0.1, 0.15) is 5.76 Å². The summed E-state index contributed by atoms with van der Waals surface area (Å²) in [6, 6.07) is 3.57. The number of aromatic amines is 1. The summed E-state index contributed by atoms with van der Waals surface area (Å²) in [5.74, 6) is 0.598. The van der Waals surface area contributed by atoms with Crippen molar-refractivity contribution in [1.82, 2.24) is 14.9 Å². The van der Waals surface area contributed by atoms with Crippen LogP contribution in [0.3, 0.4) is 0 Å². The van der Waals surface area contributed by atoms with Crippen LogP contribution in [0.1, 0.15) is 23.6 Å². The first-order chi connectivity index (χ1) is 9.08. The average molecular weight is 263 g/mol. The zero-order valence-electron chi connectivity index (χ0n) is 11.0. The lowest BCUT2D eigenvalue weighted by atomic mass is 10.3. The highest BCUT2D eigenvalue weighted by atomic mass is 16.3. The van der Waals surface area contributed by atoms with Gasteiger partial charge in [-0.25, -0.2) is 4.79 Å². The largest absolute Gasteiger partial charge is 0.467 e. The fourth-order valence-electron chi connectivity index (χ4n) is 1.84. The van der Waals surface area contributed by atoms with E-state index in [0.717, 1.165) is 11.4 Å². The van der Waals surface area contributed by atoms with Crippen molar-refractivity contribution in [2.24, 2.45) is 0 Å².